The maximum absolute atomic E-state index is 12.2. The molecule has 0 bridgehead atoms. The van der Waals surface area contributed by atoms with Gasteiger partial charge in [-0.3, -0.25) is 4.79 Å². The van der Waals surface area contributed by atoms with E-state index < -0.39 is 0 Å². The first-order valence-electron chi connectivity index (χ1n) is 8.61. The molecule has 25 heavy (non-hydrogen) atoms. The van der Waals surface area contributed by atoms with Gasteiger partial charge in [-0.05, 0) is 19.1 Å². The van der Waals surface area contributed by atoms with Gasteiger partial charge in [-0.25, -0.2) is 15.0 Å². The number of hydrogen-bond acceptors (Lipinski definition) is 5. The molecule has 2 aromatic rings. The lowest BCUT2D eigenvalue weighted by Crippen LogP contribution is -2.26. The average molecular weight is 339 g/mol. The fraction of sp³-hybridized carbons (Fsp3) is 0.474. The highest BCUT2D eigenvalue weighted by atomic mass is 16.2. The van der Waals surface area contributed by atoms with E-state index in [1.165, 1.54) is 0 Å². The van der Waals surface area contributed by atoms with E-state index in [0.717, 1.165) is 36.0 Å². The number of nitrogens with zero attached hydrogens (tertiary/aromatic N) is 5. The third kappa shape index (κ3) is 3.48. The molecule has 0 spiro atoms. The summed E-state index contributed by atoms with van der Waals surface area (Å²) >= 11 is 0. The van der Waals surface area contributed by atoms with E-state index in [9.17, 15) is 4.79 Å². The van der Waals surface area contributed by atoms with Crippen LogP contribution in [0, 0.1) is 0 Å². The van der Waals surface area contributed by atoms with Crippen LogP contribution in [-0.2, 0) is 18.5 Å². The smallest absolute Gasteiger partial charge is 0.255 e. The normalized spacial score (nSPS) is 13.7. The molecule has 1 aliphatic rings. The van der Waals surface area contributed by atoms with Crippen LogP contribution in [0.25, 0.3) is 0 Å². The van der Waals surface area contributed by atoms with Crippen molar-refractivity contribution in [1.82, 2.24) is 19.9 Å². The minimum absolute atomic E-state index is 0.00746. The Kier molecular flexibility index (Phi) is 4.45. The van der Waals surface area contributed by atoms with Gasteiger partial charge in [0.05, 0.1) is 17.8 Å². The lowest BCUT2D eigenvalue weighted by Gasteiger charge is -2.18. The van der Waals surface area contributed by atoms with Crippen LogP contribution in [-0.4, -0.2) is 39.4 Å². The second-order valence-corrected chi connectivity index (χ2v) is 7.50. The quantitative estimate of drug-likeness (QED) is 0.860. The number of carbonyl (C=O) groups is 1. The molecular weight excluding hydrogens is 314 g/mol. The summed E-state index contributed by atoms with van der Waals surface area (Å²) in [5.41, 5.74) is 2.75. The van der Waals surface area contributed by atoms with Crippen molar-refractivity contribution in [2.24, 2.45) is 0 Å². The van der Waals surface area contributed by atoms with Crippen LogP contribution in [0.1, 0.15) is 55.1 Å². The molecule has 0 N–H and O–H groups in total. The molecule has 0 aliphatic carbocycles. The van der Waals surface area contributed by atoms with Gasteiger partial charge in [-0.2, -0.15) is 0 Å². The fourth-order valence-corrected chi connectivity index (χ4v) is 2.74. The summed E-state index contributed by atoms with van der Waals surface area (Å²) in [6, 6.07) is 3.74. The van der Waals surface area contributed by atoms with Crippen LogP contribution in [0.15, 0.2) is 24.5 Å². The Morgan fingerprint density at radius 3 is 2.56 bits per heavy atom. The van der Waals surface area contributed by atoms with Gasteiger partial charge in [-0.15, -0.1) is 0 Å². The summed E-state index contributed by atoms with van der Waals surface area (Å²) in [6.45, 7) is 10.4. The molecule has 1 aliphatic heterocycles. The highest BCUT2D eigenvalue weighted by molar-refractivity contribution is 5.93. The van der Waals surface area contributed by atoms with E-state index in [4.69, 9.17) is 4.98 Å². The zero-order valence-corrected chi connectivity index (χ0v) is 15.6. The van der Waals surface area contributed by atoms with Gasteiger partial charge in [-0.1, -0.05) is 20.8 Å². The van der Waals surface area contributed by atoms with Gasteiger partial charge in [0.2, 0.25) is 0 Å². The first-order chi connectivity index (χ1) is 11.8. The second-order valence-electron chi connectivity index (χ2n) is 7.50. The Balaban J connectivity index is 1.77. The van der Waals surface area contributed by atoms with E-state index in [2.05, 4.69) is 35.6 Å². The summed E-state index contributed by atoms with van der Waals surface area (Å²) in [6.07, 6.45) is 3.58. The van der Waals surface area contributed by atoms with Crippen molar-refractivity contribution >= 4 is 11.7 Å². The van der Waals surface area contributed by atoms with Crippen molar-refractivity contribution in [3.63, 3.8) is 0 Å². The lowest BCUT2D eigenvalue weighted by atomic mass is 9.95. The van der Waals surface area contributed by atoms with E-state index in [-0.39, 0.29) is 11.3 Å². The summed E-state index contributed by atoms with van der Waals surface area (Å²) in [4.78, 5) is 29.7. The fourth-order valence-electron chi connectivity index (χ4n) is 2.74. The van der Waals surface area contributed by atoms with Gasteiger partial charge in [0, 0.05) is 43.5 Å². The predicted octanol–water partition coefficient (Wildman–Crippen LogP) is 2.78. The Morgan fingerprint density at radius 2 is 1.96 bits per heavy atom. The highest BCUT2D eigenvalue weighted by Crippen LogP contribution is 2.27. The van der Waals surface area contributed by atoms with Gasteiger partial charge >= 0.3 is 0 Å². The molecule has 6 heteroatoms. The Morgan fingerprint density at radius 1 is 1.20 bits per heavy atom. The van der Waals surface area contributed by atoms with Crippen LogP contribution in [0.4, 0.5) is 5.82 Å². The van der Waals surface area contributed by atoms with Crippen LogP contribution in [0.3, 0.4) is 0 Å². The van der Waals surface area contributed by atoms with E-state index in [0.29, 0.717) is 12.1 Å². The summed E-state index contributed by atoms with van der Waals surface area (Å²) < 4.78 is 0. The number of hydrogen-bond donors (Lipinski definition) is 0. The van der Waals surface area contributed by atoms with Gasteiger partial charge in [0.1, 0.15) is 11.6 Å². The minimum Gasteiger partial charge on any atom is -0.346 e. The highest BCUT2D eigenvalue weighted by Gasteiger charge is 2.25. The minimum atomic E-state index is -0.0615. The van der Waals surface area contributed by atoms with Gasteiger partial charge in [0.25, 0.3) is 5.91 Å². The summed E-state index contributed by atoms with van der Waals surface area (Å²) in [7, 11) is 1.79. The number of aromatic nitrogens is 3. The lowest BCUT2D eigenvalue weighted by molar-refractivity contribution is 0.0802. The molecule has 0 aromatic carbocycles. The SMILES string of the molecule is CCN(C)C(=O)c1ccc(N2Cc3cnc(C(C)(C)C)nc3C2)nc1. The Hall–Kier alpha value is -2.50. The molecule has 0 unspecified atom stereocenters. The van der Waals surface area contributed by atoms with Crippen molar-refractivity contribution in [3.8, 4) is 0 Å². The Bertz CT molecular complexity index is 779. The van der Waals surface area contributed by atoms with E-state index in [1.54, 1.807) is 18.1 Å². The van der Waals surface area contributed by atoms with Crippen LogP contribution < -0.4 is 4.90 Å². The topological polar surface area (TPSA) is 62.2 Å². The average Bonchev–Trinajstić information content (AvgIpc) is 3.03. The first-order valence-corrected chi connectivity index (χ1v) is 8.61. The molecule has 132 valence electrons. The largest absolute Gasteiger partial charge is 0.346 e. The number of amides is 1. The molecule has 0 saturated carbocycles. The maximum atomic E-state index is 12.2. The summed E-state index contributed by atoms with van der Waals surface area (Å²) in [5.74, 6) is 1.71. The van der Waals surface area contributed by atoms with Crippen molar-refractivity contribution in [2.75, 3.05) is 18.5 Å². The van der Waals surface area contributed by atoms with Crippen molar-refractivity contribution < 1.29 is 4.79 Å². The molecule has 2 aromatic heterocycles. The number of fused-ring (bicyclic) bond motifs is 1. The monoisotopic (exact) mass is 339 g/mol. The summed E-state index contributed by atoms with van der Waals surface area (Å²) in [5, 5.41) is 0. The van der Waals surface area contributed by atoms with Crippen molar-refractivity contribution in [1.29, 1.82) is 0 Å². The standard InChI is InChI=1S/C19H25N5O/c1-6-23(5)17(25)13-7-8-16(20-9-13)24-11-14-10-21-18(19(2,3)4)22-15(14)12-24/h7-10H,6,11-12H2,1-5H3. The van der Waals surface area contributed by atoms with Crippen LogP contribution >= 0.6 is 0 Å². The number of pyridine rings is 1. The molecule has 0 atom stereocenters. The molecule has 0 radical (unpaired) electrons. The molecule has 0 saturated heterocycles. The second kappa shape index (κ2) is 6.43. The van der Waals surface area contributed by atoms with Crippen LogP contribution in [0.2, 0.25) is 0 Å². The zero-order chi connectivity index (χ0) is 18.2. The zero-order valence-electron chi connectivity index (χ0n) is 15.6. The predicted molar refractivity (Wildman–Crippen MR) is 97.5 cm³/mol. The van der Waals surface area contributed by atoms with Gasteiger partial charge in [0.15, 0.2) is 0 Å². The van der Waals surface area contributed by atoms with Crippen molar-refractivity contribution in [2.45, 2.75) is 46.2 Å². The molecule has 3 rings (SSSR count). The molecule has 6 nitrogen and oxygen atoms in total. The third-order valence-corrected chi connectivity index (χ3v) is 4.47. The van der Waals surface area contributed by atoms with Gasteiger partial charge < -0.3 is 9.80 Å². The van der Waals surface area contributed by atoms with E-state index in [1.807, 2.05) is 25.3 Å². The molecule has 3 heterocycles. The van der Waals surface area contributed by atoms with Crippen LogP contribution in [0.5, 0.6) is 0 Å². The third-order valence-electron chi connectivity index (χ3n) is 4.47. The number of rotatable bonds is 3. The maximum Gasteiger partial charge on any atom is 0.255 e. The molecular formula is C19H25N5O. The first kappa shape index (κ1) is 17.3. The van der Waals surface area contributed by atoms with E-state index >= 15 is 0 Å². The number of carbonyl (C=O) groups excluding carboxylic acids is 1. The van der Waals surface area contributed by atoms with Crippen molar-refractivity contribution in [3.05, 3.63) is 47.2 Å². The molecule has 0 fully saturated rings. The molecule has 1 amide bonds. The Labute approximate surface area is 148 Å². The number of anilines is 1.